The van der Waals surface area contributed by atoms with Gasteiger partial charge in [0.1, 0.15) is 19.0 Å². The lowest BCUT2D eigenvalue weighted by Gasteiger charge is -2.18. The molecule has 0 spiro atoms. The van der Waals surface area contributed by atoms with Crippen molar-refractivity contribution >= 4 is 23.0 Å². The summed E-state index contributed by atoms with van der Waals surface area (Å²) < 4.78 is 16.6. The van der Waals surface area contributed by atoms with Gasteiger partial charge in [0, 0.05) is 11.8 Å². The van der Waals surface area contributed by atoms with Gasteiger partial charge in [0.25, 0.3) is 0 Å². The number of anilines is 1. The van der Waals surface area contributed by atoms with Crippen molar-refractivity contribution in [1.29, 1.82) is 0 Å². The fourth-order valence-corrected chi connectivity index (χ4v) is 2.52. The molecule has 0 heterocycles. The molecule has 0 amide bonds. The van der Waals surface area contributed by atoms with Crippen molar-refractivity contribution in [2.75, 3.05) is 25.6 Å². The van der Waals surface area contributed by atoms with E-state index in [0.717, 1.165) is 11.4 Å². The molecule has 2 rings (SSSR count). The first-order valence-electron chi connectivity index (χ1n) is 8.29. The third kappa shape index (κ3) is 6.29. The lowest BCUT2D eigenvalue weighted by molar-refractivity contribution is 0.270. The first-order chi connectivity index (χ1) is 12.6. The molecule has 0 fully saturated rings. The zero-order valence-electron chi connectivity index (χ0n) is 15.0. The summed E-state index contributed by atoms with van der Waals surface area (Å²) in [7, 11) is 1.62. The molecule has 1 atom stereocenters. The van der Waals surface area contributed by atoms with Gasteiger partial charge < -0.3 is 24.8 Å². The molecule has 0 aliphatic carbocycles. The van der Waals surface area contributed by atoms with Crippen molar-refractivity contribution in [2.24, 2.45) is 0 Å². The molecular formula is C20H24N2O3S. The standard InChI is InChI=1S/C20H24N2O3S/c1-4-12-24-17-9-7-8-16(13-17)22-20(26)21-15(2)14-25-19-11-6-5-10-18(19)23-3/h4-11,13,15H,1,12,14H2,2-3H3,(H2,21,22,26). The van der Waals surface area contributed by atoms with Gasteiger partial charge in [-0.05, 0) is 43.4 Å². The molecule has 2 aromatic rings. The van der Waals surface area contributed by atoms with Crippen LogP contribution >= 0.6 is 12.2 Å². The minimum atomic E-state index is 0.0140. The van der Waals surface area contributed by atoms with Gasteiger partial charge >= 0.3 is 0 Å². The number of rotatable bonds is 9. The highest BCUT2D eigenvalue weighted by molar-refractivity contribution is 7.80. The summed E-state index contributed by atoms with van der Waals surface area (Å²) >= 11 is 5.36. The highest BCUT2D eigenvalue weighted by atomic mass is 32.1. The van der Waals surface area contributed by atoms with E-state index in [4.69, 9.17) is 26.4 Å². The number of para-hydroxylation sites is 2. The van der Waals surface area contributed by atoms with E-state index in [2.05, 4.69) is 17.2 Å². The van der Waals surface area contributed by atoms with Crippen LogP contribution in [0.4, 0.5) is 5.69 Å². The minimum absolute atomic E-state index is 0.0140. The predicted octanol–water partition coefficient (Wildman–Crippen LogP) is 4.01. The summed E-state index contributed by atoms with van der Waals surface area (Å²) in [6.07, 6.45) is 1.70. The Morgan fingerprint density at radius 1 is 1.15 bits per heavy atom. The number of methoxy groups -OCH3 is 1. The molecule has 1 unspecified atom stereocenters. The van der Waals surface area contributed by atoms with Crippen LogP contribution < -0.4 is 24.8 Å². The van der Waals surface area contributed by atoms with E-state index in [1.54, 1.807) is 13.2 Å². The van der Waals surface area contributed by atoms with Crippen LogP contribution in [0.15, 0.2) is 61.2 Å². The van der Waals surface area contributed by atoms with Crippen LogP contribution in [0.2, 0.25) is 0 Å². The number of benzene rings is 2. The Bertz CT molecular complexity index is 737. The fourth-order valence-electron chi connectivity index (χ4n) is 2.20. The van der Waals surface area contributed by atoms with Crippen molar-refractivity contribution in [3.8, 4) is 17.2 Å². The average molecular weight is 372 g/mol. The predicted molar refractivity (Wildman–Crippen MR) is 109 cm³/mol. The van der Waals surface area contributed by atoms with E-state index in [-0.39, 0.29) is 6.04 Å². The molecule has 0 radical (unpaired) electrons. The van der Waals surface area contributed by atoms with Gasteiger partial charge in [-0.3, -0.25) is 0 Å². The van der Waals surface area contributed by atoms with Crippen molar-refractivity contribution in [3.63, 3.8) is 0 Å². The molecule has 0 bridgehead atoms. The summed E-state index contributed by atoms with van der Waals surface area (Å²) in [4.78, 5) is 0. The Morgan fingerprint density at radius 2 is 1.92 bits per heavy atom. The van der Waals surface area contributed by atoms with E-state index in [1.807, 2.05) is 55.5 Å². The molecule has 2 N–H and O–H groups in total. The molecule has 0 saturated carbocycles. The first kappa shape index (κ1) is 19.6. The van der Waals surface area contributed by atoms with Gasteiger partial charge in [-0.25, -0.2) is 0 Å². The van der Waals surface area contributed by atoms with Crippen LogP contribution in [0.1, 0.15) is 6.92 Å². The summed E-state index contributed by atoms with van der Waals surface area (Å²) in [6, 6.07) is 15.1. The third-order valence-corrected chi connectivity index (χ3v) is 3.62. The number of nitrogens with one attached hydrogen (secondary N) is 2. The van der Waals surface area contributed by atoms with E-state index in [0.29, 0.717) is 29.8 Å². The van der Waals surface area contributed by atoms with Gasteiger partial charge in [0.15, 0.2) is 16.6 Å². The largest absolute Gasteiger partial charge is 0.493 e. The maximum absolute atomic E-state index is 5.80. The Morgan fingerprint density at radius 3 is 2.65 bits per heavy atom. The summed E-state index contributed by atoms with van der Waals surface area (Å²) in [5.41, 5.74) is 0.849. The molecule has 0 aliphatic heterocycles. The van der Waals surface area contributed by atoms with Gasteiger partial charge in [-0.1, -0.05) is 30.9 Å². The molecule has 0 aliphatic rings. The van der Waals surface area contributed by atoms with Gasteiger partial charge in [-0.15, -0.1) is 0 Å². The van der Waals surface area contributed by atoms with Gasteiger partial charge in [-0.2, -0.15) is 0 Å². The molecule has 26 heavy (non-hydrogen) atoms. The van der Waals surface area contributed by atoms with Crippen molar-refractivity contribution < 1.29 is 14.2 Å². The molecule has 5 nitrogen and oxygen atoms in total. The Hall–Kier alpha value is -2.73. The molecule has 0 saturated heterocycles. The van der Waals surface area contributed by atoms with E-state index in [9.17, 15) is 0 Å². The number of ether oxygens (including phenoxy) is 3. The number of hydrogen-bond donors (Lipinski definition) is 2. The summed E-state index contributed by atoms with van der Waals surface area (Å²) in [5, 5.41) is 6.86. The van der Waals surface area contributed by atoms with E-state index < -0.39 is 0 Å². The van der Waals surface area contributed by atoms with Crippen LogP contribution in [0.5, 0.6) is 17.2 Å². The second-order valence-corrected chi connectivity index (χ2v) is 6.00. The summed E-state index contributed by atoms with van der Waals surface area (Å²) in [5.74, 6) is 2.16. The lowest BCUT2D eigenvalue weighted by Crippen LogP contribution is -2.39. The number of hydrogen-bond acceptors (Lipinski definition) is 4. The van der Waals surface area contributed by atoms with E-state index in [1.165, 1.54) is 0 Å². The third-order valence-electron chi connectivity index (χ3n) is 3.40. The maximum Gasteiger partial charge on any atom is 0.171 e. The smallest absolute Gasteiger partial charge is 0.171 e. The second kappa shape index (κ2) is 10.3. The zero-order chi connectivity index (χ0) is 18.8. The lowest BCUT2D eigenvalue weighted by atomic mass is 10.3. The summed E-state index contributed by atoms with van der Waals surface area (Å²) in [6.45, 7) is 6.54. The Kier molecular flexibility index (Phi) is 7.76. The van der Waals surface area contributed by atoms with Gasteiger partial charge in [0.05, 0.1) is 13.2 Å². The van der Waals surface area contributed by atoms with Crippen LogP contribution in [0, 0.1) is 0 Å². The normalized spacial score (nSPS) is 11.2. The highest BCUT2D eigenvalue weighted by Gasteiger charge is 2.08. The van der Waals surface area contributed by atoms with Crippen molar-refractivity contribution in [3.05, 3.63) is 61.2 Å². The molecule has 0 aromatic heterocycles. The second-order valence-electron chi connectivity index (χ2n) is 5.59. The molecule has 6 heteroatoms. The fraction of sp³-hybridized carbons (Fsp3) is 0.250. The van der Waals surface area contributed by atoms with Gasteiger partial charge in [0.2, 0.25) is 0 Å². The quantitative estimate of drug-likeness (QED) is 0.512. The Labute approximate surface area is 160 Å². The van der Waals surface area contributed by atoms with Crippen LogP contribution in [0.25, 0.3) is 0 Å². The van der Waals surface area contributed by atoms with Crippen molar-refractivity contribution in [2.45, 2.75) is 13.0 Å². The molecule has 2 aromatic carbocycles. The highest BCUT2D eigenvalue weighted by Crippen LogP contribution is 2.25. The monoisotopic (exact) mass is 372 g/mol. The molecular weight excluding hydrogens is 348 g/mol. The zero-order valence-corrected chi connectivity index (χ0v) is 15.8. The van der Waals surface area contributed by atoms with Crippen LogP contribution in [-0.2, 0) is 0 Å². The van der Waals surface area contributed by atoms with Crippen LogP contribution in [-0.4, -0.2) is 31.5 Å². The average Bonchev–Trinajstić information content (AvgIpc) is 2.65. The molecule has 138 valence electrons. The SMILES string of the molecule is C=CCOc1cccc(NC(=S)NC(C)COc2ccccc2OC)c1. The first-order valence-corrected chi connectivity index (χ1v) is 8.70. The van der Waals surface area contributed by atoms with Crippen LogP contribution in [0.3, 0.4) is 0 Å². The minimum Gasteiger partial charge on any atom is -0.493 e. The van der Waals surface area contributed by atoms with E-state index >= 15 is 0 Å². The van der Waals surface area contributed by atoms with Crippen molar-refractivity contribution in [1.82, 2.24) is 5.32 Å². The Balaban J connectivity index is 1.82. The topological polar surface area (TPSA) is 51.8 Å². The number of thiocarbonyl (C=S) groups is 1. The maximum atomic E-state index is 5.80.